The second-order valence-corrected chi connectivity index (χ2v) is 9.69. The van der Waals surface area contributed by atoms with Crippen LogP contribution in [0.2, 0.25) is 0 Å². The number of carbonyl (C=O) groups is 1. The average molecular weight is 448 g/mol. The third-order valence-electron chi connectivity index (χ3n) is 6.26. The minimum atomic E-state index is -0.110. The molecule has 0 saturated carbocycles. The predicted molar refractivity (Wildman–Crippen MR) is 142 cm³/mol. The first-order chi connectivity index (χ1) is 16.4. The van der Waals surface area contributed by atoms with Crippen molar-refractivity contribution in [2.45, 2.75) is 26.2 Å². The monoisotopic (exact) mass is 447 g/mol. The Morgan fingerprint density at radius 1 is 0.882 bits per heavy atom. The first-order valence-corrected chi connectivity index (χ1v) is 11.7. The molecule has 34 heavy (non-hydrogen) atoms. The van der Waals surface area contributed by atoms with Crippen LogP contribution in [0, 0.1) is 0 Å². The number of nitrogens with one attached hydrogen (secondary N) is 2. The van der Waals surface area contributed by atoms with Crippen molar-refractivity contribution >= 4 is 33.8 Å². The summed E-state index contributed by atoms with van der Waals surface area (Å²) in [6.07, 6.45) is 0. The number of rotatable bonds is 3. The molecule has 0 radical (unpaired) electrons. The Balaban J connectivity index is 1.43. The van der Waals surface area contributed by atoms with Gasteiger partial charge in [0.1, 0.15) is 0 Å². The van der Waals surface area contributed by atoms with Gasteiger partial charge in [-0.25, -0.2) is 0 Å². The summed E-state index contributed by atoms with van der Waals surface area (Å²) in [6, 6.07) is 28.5. The maximum atomic E-state index is 13.1. The zero-order chi connectivity index (χ0) is 23.7. The summed E-state index contributed by atoms with van der Waals surface area (Å²) >= 11 is 0. The van der Waals surface area contributed by atoms with Crippen LogP contribution in [0.5, 0.6) is 0 Å². The van der Waals surface area contributed by atoms with Crippen LogP contribution in [0.4, 0.5) is 11.4 Å². The van der Waals surface area contributed by atoms with E-state index in [0.717, 1.165) is 40.3 Å². The molecule has 0 bridgehead atoms. The molecule has 1 aliphatic rings. The minimum Gasteiger partial charge on any atom is -0.382 e. The molecule has 1 amide bonds. The number of aliphatic imine (C=N–C) groups is 1. The van der Waals surface area contributed by atoms with Gasteiger partial charge in [-0.05, 0) is 34.6 Å². The normalized spacial score (nSPS) is 13.4. The summed E-state index contributed by atoms with van der Waals surface area (Å²) in [5, 5.41) is 9.05. The zero-order valence-electron chi connectivity index (χ0n) is 19.9. The average Bonchev–Trinajstić information content (AvgIpc) is 3.07. The lowest BCUT2D eigenvalue weighted by molar-refractivity contribution is 0.102. The van der Waals surface area contributed by atoms with Gasteiger partial charge in [0.2, 0.25) is 0 Å². The van der Waals surface area contributed by atoms with Gasteiger partial charge < -0.3 is 10.6 Å². The highest BCUT2D eigenvalue weighted by Crippen LogP contribution is 2.31. The number of amides is 1. The molecule has 5 rings (SSSR count). The molecule has 2 N–H and O–H groups in total. The van der Waals surface area contributed by atoms with E-state index >= 15 is 0 Å². The number of anilines is 2. The molecule has 0 aliphatic carbocycles. The van der Waals surface area contributed by atoms with E-state index < -0.39 is 0 Å². The minimum absolute atomic E-state index is 0.0916. The van der Waals surface area contributed by atoms with Gasteiger partial charge in [-0.3, -0.25) is 9.79 Å². The molecular formula is C30H29N3O. The SMILES string of the molecule is CC(C)(C)c1ccccc1C(=O)Nc1ccc(C2=NCCNc3c2ccc2ccccc32)cc1. The van der Waals surface area contributed by atoms with Gasteiger partial charge in [-0.2, -0.15) is 0 Å². The molecule has 4 nitrogen and oxygen atoms in total. The van der Waals surface area contributed by atoms with Gasteiger partial charge >= 0.3 is 0 Å². The highest BCUT2D eigenvalue weighted by Gasteiger charge is 2.21. The van der Waals surface area contributed by atoms with Crippen molar-refractivity contribution in [3.05, 3.63) is 107 Å². The summed E-state index contributed by atoms with van der Waals surface area (Å²) in [7, 11) is 0. The Morgan fingerprint density at radius 2 is 1.62 bits per heavy atom. The Hall–Kier alpha value is -3.92. The second-order valence-electron chi connectivity index (χ2n) is 9.69. The molecule has 0 atom stereocenters. The van der Waals surface area contributed by atoms with E-state index in [1.54, 1.807) is 0 Å². The van der Waals surface area contributed by atoms with E-state index in [-0.39, 0.29) is 11.3 Å². The van der Waals surface area contributed by atoms with E-state index in [1.807, 2.05) is 48.5 Å². The maximum Gasteiger partial charge on any atom is 0.255 e. The fourth-order valence-electron chi connectivity index (χ4n) is 4.58. The molecule has 0 aromatic heterocycles. The standard InChI is InChI=1S/C30H29N3O/c1-30(2,3)26-11-7-6-10-24(26)29(34)33-22-15-12-21(13-16-22)27-25-17-14-20-8-4-5-9-23(20)28(25)32-19-18-31-27/h4-17,32H,18-19H2,1-3H3,(H,33,34). The van der Waals surface area contributed by atoms with Crippen LogP contribution in [-0.4, -0.2) is 24.7 Å². The van der Waals surface area contributed by atoms with E-state index in [2.05, 4.69) is 67.8 Å². The smallest absolute Gasteiger partial charge is 0.255 e. The quantitative estimate of drug-likeness (QED) is 0.369. The number of benzene rings is 4. The van der Waals surface area contributed by atoms with Crippen molar-refractivity contribution < 1.29 is 4.79 Å². The van der Waals surface area contributed by atoms with Crippen molar-refractivity contribution in [1.29, 1.82) is 0 Å². The van der Waals surface area contributed by atoms with Crippen molar-refractivity contribution in [2.75, 3.05) is 23.7 Å². The second kappa shape index (κ2) is 8.79. The van der Waals surface area contributed by atoms with Crippen LogP contribution in [0.15, 0.2) is 89.9 Å². The Labute approximate surface area is 200 Å². The molecule has 0 fully saturated rings. The van der Waals surface area contributed by atoms with Gasteiger partial charge in [-0.1, -0.05) is 87.5 Å². The molecule has 4 aromatic carbocycles. The van der Waals surface area contributed by atoms with Gasteiger partial charge in [0, 0.05) is 34.3 Å². The van der Waals surface area contributed by atoms with Gasteiger partial charge in [0.15, 0.2) is 0 Å². The van der Waals surface area contributed by atoms with Gasteiger partial charge in [-0.15, -0.1) is 0 Å². The molecule has 0 unspecified atom stereocenters. The molecule has 1 aliphatic heterocycles. The highest BCUT2D eigenvalue weighted by atomic mass is 16.1. The highest BCUT2D eigenvalue weighted by molar-refractivity contribution is 6.19. The Kier molecular flexibility index (Phi) is 5.66. The largest absolute Gasteiger partial charge is 0.382 e. The Morgan fingerprint density at radius 3 is 2.41 bits per heavy atom. The molecule has 0 saturated heterocycles. The lowest BCUT2D eigenvalue weighted by Crippen LogP contribution is -2.20. The molecule has 0 spiro atoms. The molecule has 4 aromatic rings. The van der Waals surface area contributed by atoms with E-state index in [0.29, 0.717) is 12.1 Å². The van der Waals surface area contributed by atoms with Crippen molar-refractivity contribution in [1.82, 2.24) is 0 Å². The summed E-state index contributed by atoms with van der Waals surface area (Å²) < 4.78 is 0. The number of nitrogens with zero attached hydrogens (tertiary/aromatic N) is 1. The predicted octanol–water partition coefficient (Wildman–Crippen LogP) is 6.65. The third kappa shape index (κ3) is 4.19. The number of carbonyl (C=O) groups excluding carboxylic acids is 1. The fraction of sp³-hybridized carbons (Fsp3) is 0.200. The summed E-state index contributed by atoms with van der Waals surface area (Å²) in [6.45, 7) is 7.87. The zero-order valence-corrected chi connectivity index (χ0v) is 19.9. The van der Waals surface area contributed by atoms with Gasteiger partial charge in [0.05, 0.1) is 17.9 Å². The molecular weight excluding hydrogens is 418 g/mol. The van der Waals surface area contributed by atoms with Crippen LogP contribution in [0.25, 0.3) is 10.8 Å². The summed E-state index contributed by atoms with van der Waals surface area (Å²) in [5.74, 6) is -0.0916. The Bertz CT molecular complexity index is 1400. The van der Waals surface area contributed by atoms with E-state index in [1.165, 1.54) is 10.8 Å². The first kappa shape index (κ1) is 21.9. The van der Waals surface area contributed by atoms with Gasteiger partial charge in [0.25, 0.3) is 5.91 Å². The topological polar surface area (TPSA) is 53.5 Å². The lowest BCUT2D eigenvalue weighted by atomic mass is 9.83. The van der Waals surface area contributed by atoms with Crippen LogP contribution >= 0.6 is 0 Å². The van der Waals surface area contributed by atoms with Crippen LogP contribution < -0.4 is 10.6 Å². The lowest BCUT2D eigenvalue weighted by Gasteiger charge is -2.22. The number of fused-ring (bicyclic) bond motifs is 3. The summed E-state index contributed by atoms with van der Waals surface area (Å²) in [4.78, 5) is 17.9. The van der Waals surface area contributed by atoms with Crippen molar-refractivity contribution in [3.63, 3.8) is 0 Å². The van der Waals surface area contributed by atoms with E-state index in [4.69, 9.17) is 4.99 Å². The van der Waals surface area contributed by atoms with Crippen LogP contribution in [0.1, 0.15) is 47.8 Å². The van der Waals surface area contributed by atoms with Crippen molar-refractivity contribution in [3.8, 4) is 0 Å². The molecule has 1 heterocycles. The van der Waals surface area contributed by atoms with Crippen LogP contribution in [0.3, 0.4) is 0 Å². The van der Waals surface area contributed by atoms with Crippen LogP contribution in [-0.2, 0) is 5.41 Å². The first-order valence-electron chi connectivity index (χ1n) is 11.7. The van der Waals surface area contributed by atoms with Crippen molar-refractivity contribution in [2.24, 2.45) is 4.99 Å². The number of hydrogen-bond donors (Lipinski definition) is 2. The summed E-state index contributed by atoms with van der Waals surface area (Å²) in [5.41, 5.74) is 6.64. The third-order valence-corrected chi connectivity index (χ3v) is 6.26. The number of hydrogen-bond acceptors (Lipinski definition) is 3. The molecule has 4 heteroatoms. The van der Waals surface area contributed by atoms with E-state index in [9.17, 15) is 4.79 Å². The fourth-order valence-corrected chi connectivity index (χ4v) is 4.58. The maximum absolute atomic E-state index is 13.1. The molecule has 170 valence electrons.